The topological polar surface area (TPSA) is 31.2 Å². The molecular weight excluding hydrogens is 341 g/mol. The van der Waals surface area contributed by atoms with Gasteiger partial charge in [0.05, 0.1) is 11.3 Å². The van der Waals surface area contributed by atoms with E-state index in [9.17, 15) is 9.18 Å². The molecule has 1 aliphatic rings. The molecular formula is C23H18FNO2. The molecule has 0 aliphatic carbocycles. The number of carbonyl (C=O) groups is 1. The number of aromatic nitrogens is 1. The van der Waals surface area contributed by atoms with Gasteiger partial charge in [0.2, 0.25) is 0 Å². The summed E-state index contributed by atoms with van der Waals surface area (Å²) in [5.74, 6) is -0.197. The third-order valence-corrected chi connectivity index (χ3v) is 4.58. The minimum Gasteiger partial charge on any atom is -0.422 e. The maximum absolute atomic E-state index is 14.1. The fraction of sp³-hybridized carbons (Fsp3) is 0.0870. The molecule has 3 aromatic rings. The van der Waals surface area contributed by atoms with Crippen LogP contribution in [0.1, 0.15) is 22.4 Å². The normalized spacial score (nSPS) is 15.1. The van der Waals surface area contributed by atoms with Crippen LogP contribution >= 0.6 is 0 Å². The number of rotatable bonds is 3. The molecule has 134 valence electrons. The van der Waals surface area contributed by atoms with Crippen molar-refractivity contribution in [2.24, 2.45) is 0 Å². The number of hydrogen-bond acceptors (Lipinski definition) is 2. The lowest BCUT2D eigenvalue weighted by Gasteiger charge is -2.07. The van der Waals surface area contributed by atoms with Gasteiger partial charge in [0.1, 0.15) is 11.6 Å². The molecule has 0 unspecified atom stereocenters. The molecule has 3 nitrogen and oxygen atoms in total. The van der Waals surface area contributed by atoms with Crippen molar-refractivity contribution in [3.63, 3.8) is 0 Å². The number of ether oxygens (including phenoxy) is 1. The van der Waals surface area contributed by atoms with Crippen molar-refractivity contribution in [2.75, 3.05) is 0 Å². The van der Waals surface area contributed by atoms with Gasteiger partial charge in [-0.2, -0.15) is 0 Å². The van der Waals surface area contributed by atoms with E-state index in [1.807, 2.05) is 44.2 Å². The van der Waals surface area contributed by atoms with E-state index in [2.05, 4.69) is 0 Å². The highest BCUT2D eigenvalue weighted by Gasteiger charge is 2.23. The second kappa shape index (κ2) is 6.72. The van der Waals surface area contributed by atoms with E-state index in [-0.39, 0.29) is 5.82 Å². The second-order valence-corrected chi connectivity index (χ2v) is 6.57. The number of cyclic esters (lactones) is 1. The summed E-state index contributed by atoms with van der Waals surface area (Å²) in [5, 5.41) is 0. The van der Waals surface area contributed by atoms with Crippen LogP contribution in [0.3, 0.4) is 0 Å². The fourth-order valence-corrected chi connectivity index (χ4v) is 3.16. The molecule has 0 saturated heterocycles. The Morgan fingerprint density at radius 1 is 1.04 bits per heavy atom. The first-order chi connectivity index (χ1) is 13.0. The minimum atomic E-state index is -0.410. The lowest BCUT2D eigenvalue weighted by atomic mass is 10.0. The number of halogens is 1. The van der Waals surface area contributed by atoms with Gasteiger partial charge >= 0.3 is 5.97 Å². The zero-order valence-electron chi connectivity index (χ0n) is 15.1. The van der Waals surface area contributed by atoms with Gasteiger partial charge in [-0.05, 0) is 61.9 Å². The summed E-state index contributed by atoms with van der Waals surface area (Å²) in [6.45, 7) is 3.98. The van der Waals surface area contributed by atoms with Crippen LogP contribution in [0.25, 0.3) is 17.5 Å². The quantitative estimate of drug-likeness (QED) is 0.474. The molecule has 2 heterocycles. The SMILES string of the molecule is Cc1ccc(C)c(C2=C/C(=C/c3cccn3-c3ccccc3F)C(=O)O2)c1. The first-order valence-corrected chi connectivity index (χ1v) is 8.68. The molecule has 0 saturated carbocycles. The van der Waals surface area contributed by atoms with E-state index >= 15 is 0 Å². The molecule has 0 amide bonds. The molecule has 0 spiro atoms. The highest BCUT2D eigenvalue weighted by molar-refractivity contribution is 6.05. The third kappa shape index (κ3) is 3.22. The zero-order chi connectivity index (χ0) is 19.0. The van der Waals surface area contributed by atoms with Crippen LogP contribution in [-0.4, -0.2) is 10.5 Å². The van der Waals surface area contributed by atoms with Crippen molar-refractivity contribution in [2.45, 2.75) is 13.8 Å². The van der Waals surface area contributed by atoms with Gasteiger partial charge in [-0.1, -0.05) is 29.8 Å². The number of benzene rings is 2. The Bertz CT molecular complexity index is 1110. The van der Waals surface area contributed by atoms with Crippen molar-refractivity contribution in [1.29, 1.82) is 0 Å². The molecule has 1 aromatic heterocycles. The predicted octanol–water partition coefficient (Wildman–Crippen LogP) is 5.21. The molecule has 0 fully saturated rings. The Kier molecular flexibility index (Phi) is 4.24. The summed E-state index contributed by atoms with van der Waals surface area (Å²) >= 11 is 0. The van der Waals surface area contributed by atoms with Crippen molar-refractivity contribution in [3.8, 4) is 5.69 Å². The van der Waals surface area contributed by atoms with Crippen molar-refractivity contribution < 1.29 is 13.9 Å². The Labute approximate surface area is 157 Å². The molecule has 4 heteroatoms. The van der Waals surface area contributed by atoms with E-state index in [4.69, 9.17) is 4.74 Å². The van der Waals surface area contributed by atoms with E-state index < -0.39 is 5.97 Å². The molecule has 2 aromatic carbocycles. The van der Waals surface area contributed by atoms with Crippen LogP contribution in [0.15, 0.2) is 72.4 Å². The largest absolute Gasteiger partial charge is 0.422 e. The fourth-order valence-electron chi connectivity index (χ4n) is 3.16. The highest BCUT2D eigenvalue weighted by Crippen LogP contribution is 2.30. The summed E-state index contributed by atoms with van der Waals surface area (Å²) in [4.78, 5) is 12.4. The first-order valence-electron chi connectivity index (χ1n) is 8.68. The minimum absolute atomic E-state index is 0.325. The monoisotopic (exact) mass is 359 g/mol. The van der Waals surface area contributed by atoms with Crippen molar-refractivity contribution in [3.05, 3.63) is 101 Å². The van der Waals surface area contributed by atoms with Crippen LogP contribution < -0.4 is 0 Å². The van der Waals surface area contributed by atoms with Gasteiger partial charge in [0, 0.05) is 17.5 Å². The number of carbonyl (C=O) groups excluding carboxylic acids is 1. The van der Waals surface area contributed by atoms with E-state index in [0.717, 1.165) is 16.7 Å². The summed E-state index contributed by atoms with van der Waals surface area (Å²) in [5.41, 5.74) is 4.59. The second-order valence-electron chi connectivity index (χ2n) is 6.57. The van der Waals surface area contributed by atoms with Crippen LogP contribution in [0, 0.1) is 19.7 Å². The summed E-state index contributed by atoms with van der Waals surface area (Å²) in [6.07, 6.45) is 5.22. The Balaban J connectivity index is 1.75. The molecule has 0 N–H and O–H groups in total. The maximum Gasteiger partial charge on any atom is 0.343 e. The molecule has 0 bridgehead atoms. The molecule has 1 aliphatic heterocycles. The Morgan fingerprint density at radius 3 is 2.67 bits per heavy atom. The van der Waals surface area contributed by atoms with Crippen LogP contribution in [0.4, 0.5) is 4.39 Å². The van der Waals surface area contributed by atoms with Gasteiger partial charge in [0.15, 0.2) is 0 Å². The Hall–Kier alpha value is -3.40. The summed E-state index contributed by atoms with van der Waals surface area (Å²) in [6, 6.07) is 16.2. The van der Waals surface area contributed by atoms with Crippen LogP contribution in [0.5, 0.6) is 0 Å². The number of esters is 1. The number of para-hydroxylation sites is 1. The van der Waals surface area contributed by atoms with E-state index in [0.29, 0.717) is 22.7 Å². The molecule has 0 atom stereocenters. The van der Waals surface area contributed by atoms with Gasteiger partial charge in [-0.25, -0.2) is 9.18 Å². The van der Waals surface area contributed by atoms with Gasteiger partial charge in [-0.3, -0.25) is 0 Å². The average molecular weight is 359 g/mol. The Morgan fingerprint density at radius 2 is 1.85 bits per heavy atom. The van der Waals surface area contributed by atoms with Crippen LogP contribution in [-0.2, 0) is 9.53 Å². The van der Waals surface area contributed by atoms with Crippen molar-refractivity contribution in [1.82, 2.24) is 4.57 Å². The smallest absolute Gasteiger partial charge is 0.343 e. The summed E-state index contributed by atoms with van der Waals surface area (Å²) < 4.78 is 21.3. The number of aryl methyl sites for hydroxylation is 2. The van der Waals surface area contributed by atoms with Crippen molar-refractivity contribution >= 4 is 17.8 Å². The zero-order valence-corrected chi connectivity index (χ0v) is 15.1. The lowest BCUT2D eigenvalue weighted by molar-refractivity contribution is -0.130. The number of nitrogens with zero attached hydrogens (tertiary/aromatic N) is 1. The van der Waals surface area contributed by atoms with E-state index in [1.54, 1.807) is 41.1 Å². The first kappa shape index (κ1) is 17.0. The van der Waals surface area contributed by atoms with Gasteiger partial charge in [-0.15, -0.1) is 0 Å². The average Bonchev–Trinajstić information content (AvgIpc) is 3.25. The van der Waals surface area contributed by atoms with Gasteiger partial charge < -0.3 is 9.30 Å². The maximum atomic E-state index is 14.1. The number of hydrogen-bond donors (Lipinski definition) is 0. The third-order valence-electron chi connectivity index (χ3n) is 4.58. The molecule has 0 radical (unpaired) electrons. The van der Waals surface area contributed by atoms with Gasteiger partial charge in [0.25, 0.3) is 0 Å². The predicted molar refractivity (Wildman–Crippen MR) is 104 cm³/mol. The lowest BCUT2D eigenvalue weighted by Crippen LogP contribution is -2.01. The van der Waals surface area contributed by atoms with Crippen LogP contribution in [0.2, 0.25) is 0 Å². The highest BCUT2D eigenvalue weighted by atomic mass is 19.1. The molecule has 27 heavy (non-hydrogen) atoms. The summed E-state index contributed by atoms with van der Waals surface area (Å²) in [7, 11) is 0. The molecule has 4 rings (SSSR count). The standard InChI is InChI=1S/C23H18FNO2/c1-15-9-10-16(2)19(12-15)22-14-17(23(26)27-22)13-18-6-5-11-25(18)21-8-4-3-7-20(21)24/h3-14H,1-2H3/b17-13-. The van der Waals surface area contributed by atoms with E-state index in [1.165, 1.54) is 6.07 Å².